The van der Waals surface area contributed by atoms with E-state index in [4.69, 9.17) is 14.2 Å². The lowest BCUT2D eigenvalue weighted by Gasteiger charge is -2.27. The van der Waals surface area contributed by atoms with Crippen LogP contribution in [0.25, 0.3) is 10.9 Å². The summed E-state index contributed by atoms with van der Waals surface area (Å²) in [6.45, 7) is 9.78. The molecule has 0 atom stereocenters. The molecule has 3 heterocycles. The van der Waals surface area contributed by atoms with Crippen LogP contribution in [0.15, 0.2) is 42.5 Å². The van der Waals surface area contributed by atoms with Gasteiger partial charge in [0.05, 0.1) is 5.41 Å². The fraction of sp³-hybridized carbons (Fsp3) is 0.483. The highest BCUT2D eigenvalue weighted by Gasteiger charge is 2.51. The second kappa shape index (κ2) is 8.30. The van der Waals surface area contributed by atoms with Gasteiger partial charge in [-0.05, 0) is 73.6 Å². The van der Waals surface area contributed by atoms with Gasteiger partial charge < -0.3 is 24.1 Å². The van der Waals surface area contributed by atoms with Crippen LogP contribution < -0.4 is 14.8 Å². The highest BCUT2D eigenvalue weighted by molar-refractivity contribution is 6.02. The number of hydrogen-bond donors (Lipinski definition) is 1. The molecule has 1 aliphatic carbocycles. The van der Waals surface area contributed by atoms with Gasteiger partial charge in [0.25, 0.3) is 0 Å². The summed E-state index contributed by atoms with van der Waals surface area (Å²) in [6, 6.07) is 14.5. The van der Waals surface area contributed by atoms with Crippen LogP contribution in [0.5, 0.6) is 11.5 Å². The van der Waals surface area contributed by atoms with Crippen molar-refractivity contribution in [2.24, 2.45) is 5.92 Å². The van der Waals surface area contributed by atoms with Crippen molar-refractivity contribution in [1.82, 2.24) is 4.57 Å². The number of anilines is 1. The van der Waals surface area contributed by atoms with Crippen molar-refractivity contribution in [3.8, 4) is 11.5 Å². The van der Waals surface area contributed by atoms with Gasteiger partial charge in [-0.25, -0.2) is 0 Å². The molecule has 0 bridgehead atoms. The van der Waals surface area contributed by atoms with E-state index in [1.807, 2.05) is 24.3 Å². The van der Waals surface area contributed by atoms with E-state index in [0.717, 1.165) is 68.2 Å². The molecule has 1 saturated carbocycles. The highest BCUT2D eigenvalue weighted by atomic mass is 16.7. The van der Waals surface area contributed by atoms with Crippen LogP contribution in [-0.4, -0.2) is 30.5 Å². The zero-order valence-corrected chi connectivity index (χ0v) is 20.9. The average Bonchev–Trinajstić information content (AvgIpc) is 3.38. The van der Waals surface area contributed by atoms with Crippen molar-refractivity contribution in [2.45, 2.75) is 63.8 Å². The Morgan fingerprint density at radius 1 is 1.03 bits per heavy atom. The molecule has 3 aliphatic rings. The van der Waals surface area contributed by atoms with Gasteiger partial charge in [-0.3, -0.25) is 4.79 Å². The van der Waals surface area contributed by atoms with Gasteiger partial charge >= 0.3 is 0 Å². The van der Waals surface area contributed by atoms with Gasteiger partial charge in [0, 0.05) is 47.5 Å². The Morgan fingerprint density at radius 2 is 1.80 bits per heavy atom. The van der Waals surface area contributed by atoms with E-state index in [0.29, 0.717) is 5.92 Å². The van der Waals surface area contributed by atoms with Crippen molar-refractivity contribution in [3.63, 3.8) is 0 Å². The zero-order chi connectivity index (χ0) is 24.2. The standard InChI is InChI=1S/C29H34N2O4/c1-28(2,3)26-15-20-14-22(5-6-23(20)31(26)17-19-8-12-33-13-9-19)30-27(32)29(10-11-29)21-4-7-24-25(16-21)35-18-34-24/h4-7,14-16,19H,8-13,17-18H2,1-3H3,(H,30,32). The lowest BCUT2D eigenvalue weighted by atomic mass is 9.91. The van der Waals surface area contributed by atoms with E-state index in [2.05, 4.69) is 48.9 Å². The molecule has 1 N–H and O–H groups in total. The third kappa shape index (κ3) is 4.08. The van der Waals surface area contributed by atoms with Crippen LogP contribution in [0.4, 0.5) is 5.69 Å². The van der Waals surface area contributed by atoms with Crippen molar-refractivity contribution >= 4 is 22.5 Å². The topological polar surface area (TPSA) is 61.7 Å². The molecular formula is C29H34N2O4. The second-order valence-electron chi connectivity index (χ2n) is 11.3. The quantitative estimate of drug-likeness (QED) is 0.510. The fourth-order valence-corrected chi connectivity index (χ4v) is 5.57. The molecular weight excluding hydrogens is 440 g/mol. The minimum atomic E-state index is -0.485. The zero-order valence-electron chi connectivity index (χ0n) is 20.9. The molecule has 0 spiro atoms. The summed E-state index contributed by atoms with van der Waals surface area (Å²) < 4.78 is 19.0. The molecule has 2 aliphatic heterocycles. The Kier molecular flexibility index (Phi) is 5.33. The summed E-state index contributed by atoms with van der Waals surface area (Å²) in [7, 11) is 0. The molecule has 1 aromatic heterocycles. The van der Waals surface area contributed by atoms with Gasteiger partial charge in [-0.1, -0.05) is 26.8 Å². The van der Waals surface area contributed by atoms with Crippen LogP contribution in [0.2, 0.25) is 0 Å². The van der Waals surface area contributed by atoms with Crippen molar-refractivity contribution in [3.05, 3.63) is 53.7 Å². The average molecular weight is 475 g/mol. The Labute approximate surface area is 206 Å². The molecule has 1 saturated heterocycles. The van der Waals surface area contributed by atoms with E-state index >= 15 is 0 Å². The predicted molar refractivity (Wildman–Crippen MR) is 136 cm³/mol. The monoisotopic (exact) mass is 474 g/mol. The number of carbonyl (C=O) groups is 1. The summed E-state index contributed by atoms with van der Waals surface area (Å²) in [5.41, 5.74) is 3.96. The van der Waals surface area contributed by atoms with Crippen LogP contribution >= 0.6 is 0 Å². The summed E-state index contributed by atoms with van der Waals surface area (Å²) in [5, 5.41) is 4.39. The van der Waals surface area contributed by atoms with E-state index in [1.54, 1.807) is 0 Å². The number of nitrogens with zero attached hydrogens (tertiary/aromatic N) is 1. The number of amides is 1. The van der Waals surface area contributed by atoms with Gasteiger partial charge in [0.1, 0.15) is 0 Å². The SMILES string of the molecule is CC(C)(C)c1cc2cc(NC(=O)C3(c4ccc5c(c4)OCO5)CC3)ccc2n1CC1CCOCC1. The van der Waals surface area contributed by atoms with Crippen molar-refractivity contribution in [1.29, 1.82) is 0 Å². The maximum Gasteiger partial charge on any atom is 0.235 e. The molecule has 0 radical (unpaired) electrons. The lowest BCUT2D eigenvalue weighted by Crippen LogP contribution is -2.27. The third-order valence-electron chi connectivity index (χ3n) is 7.82. The Hall–Kier alpha value is -2.99. The number of rotatable bonds is 5. The molecule has 6 nitrogen and oxygen atoms in total. The summed E-state index contributed by atoms with van der Waals surface area (Å²) in [4.78, 5) is 13.4. The van der Waals surface area contributed by atoms with Crippen molar-refractivity contribution < 1.29 is 19.0 Å². The van der Waals surface area contributed by atoms with E-state index in [9.17, 15) is 4.79 Å². The summed E-state index contributed by atoms with van der Waals surface area (Å²) >= 11 is 0. The highest BCUT2D eigenvalue weighted by Crippen LogP contribution is 2.51. The molecule has 6 heteroatoms. The van der Waals surface area contributed by atoms with Gasteiger partial charge in [-0.15, -0.1) is 0 Å². The van der Waals surface area contributed by atoms with E-state index in [1.165, 1.54) is 16.6 Å². The molecule has 2 fully saturated rings. The van der Waals surface area contributed by atoms with Crippen LogP contribution in [0.3, 0.4) is 0 Å². The second-order valence-corrected chi connectivity index (χ2v) is 11.3. The van der Waals surface area contributed by atoms with E-state index < -0.39 is 5.41 Å². The van der Waals surface area contributed by atoms with Crippen LogP contribution in [-0.2, 0) is 26.9 Å². The number of nitrogens with one attached hydrogen (secondary N) is 1. The van der Waals surface area contributed by atoms with Gasteiger partial charge in [-0.2, -0.15) is 0 Å². The summed E-state index contributed by atoms with van der Waals surface area (Å²) in [6.07, 6.45) is 3.91. The third-order valence-corrected chi connectivity index (χ3v) is 7.82. The van der Waals surface area contributed by atoms with Crippen LogP contribution in [0.1, 0.15) is 57.7 Å². The number of carbonyl (C=O) groups excluding carboxylic acids is 1. The number of ether oxygens (including phenoxy) is 3. The molecule has 0 unspecified atom stereocenters. The molecule has 2 aromatic carbocycles. The van der Waals surface area contributed by atoms with Crippen LogP contribution in [0, 0.1) is 5.92 Å². The Balaban J connectivity index is 1.27. The number of aromatic nitrogens is 1. The minimum Gasteiger partial charge on any atom is -0.454 e. The Morgan fingerprint density at radius 3 is 2.54 bits per heavy atom. The first kappa shape index (κ1) is 22.5. The lowest BCUT2D eigenvalue weighted by molar-refractivity contribution is -0.118. The number of benzene rings is 2. The molecule has 184 valence electrons. The molecule has 1 amide bonds. The van der Waals surface area contributed by atoms with E-state index in [-0.39, 0.29) is 18.1 Å². The first-order valence-electron chi connectivity index (χ1n) is 12.8. The molecule has 35 heavy (non-hydrogen) atoms. The predicted octanol–water partition coefficient (Wildman–Crippen LogP) is 5.76. The Bertz CT molecular complexity index is 1280. The normalized spacial score (nSPS) is 19.2. The molecule has 3 aromatic rings. The van der Waals surface area contributed by atoms with Gasteiger partial charge in [0.2, 0.25) is 12.7 Å². The number of fused-ring (bicyclic) bond motifs is 2. The first-order chi connectivity index (χ1) is 16.8. The molecule has 6 rings (SSSR count). The fourth-order valence-electron chi connectivity index (χ4n) is 5.57. The minimum absolute atomic E-state index is 0.0328. The smallest absolute Gasteiger partial charge is 0.235 e. The van der Waals surface area contributed by atoms with Crippen molar-refractivity contribution in [2.75, 3.05) is 25.3 Å². The number of hydrogen-bond acceptors (Lipinski definition) is 4. The maximum atomic E-state index is 13.4. The summed E-state index contributed by atoms with van der Waals surface area (Å²) in [5.74, 6) is 2.16. The first-order valence-corrected chi connectivity index (χ1v) is 12.8. The maximum absolute atomic E-state index is 13.4. The largest absolute Gasteiger partial charge is 0.454 e. The van der Waals surface area contributed by atoms with Gasteiger partial charge in [0.15, 0.2) is 11.5 Å².